The van der Waals surface area contributed by atoms with Gasteiger partial charge in [0.15, 0.2) is 9.84 Å². The summed E-state index contributed by atoms with van der Waals surface area (Å²) in [6.07, 6.45) is 2.55. The first-order chi connectivity index (χ1) is 9.49. The number of hydrogen-bond donors (Lipinski definition) is 1. The summed E-state index contributed by atoms with van der Waals surface area (Å²) in [7, 11) is -0.901. The van der Waals surface area contributed by atoms with Crippen molar-refractivity contribution in [3.05, 3.63) is 17.5 Å². The molecule has 0 bridgehead atoms. The first kappa shape index (κ1) is 15.5. The van der Waals surface area contributed by atoms with Crippen LogP contribution in [0.3, 0.4) is 0 Å². The Morgan fingerprint density at radius 2 is 2.25 bits per heavy atom. The summed E-state index contributed by atoms with van der Waals surface area (Å²) in [5.74, 6) is 0.873. The Balaban J connectivity index is 2.12. The molecule has 2 rings (SSSR count). The van der Waals surface area contributed by atoms with E-state index in [1.54, 1.807) is 0 Å². The fourth-order valence-corrected chi connectivity index (χ4v) is 4.88. The van der Waals surface area contributed by atoms with E-state index in [9.17, 15) is 8.42 Å². The topological polar surface area (TPSA) is 64.0 Å². The van der Waals surface area contributed by atoms with Crippen LogP contribution in [0.2, 0.25) is 0 Å². The average Bonchev–Trinajstić information content (AvgIpc) is 2.98. The molecule has 2 heterocycles. The van der Waals surface area contributed by atoms with Crippen molar-refractivity contribution in [1.82, 2.24) is 15.1 Å². The van der Waals surface area contributed by atoms with Gasteiger partial charge in [-0.15, -0.1) is 0 Å². The highest BCUT2D eigenvalue weighted by molar-refractivity contribution is 7.91. The lowest BCUT2D eigenvalue weighted by Crippen LogP contribution is -2.36. The standard InChI is InChI=1S/C14H25N3O2S/c1-4-12-8-13(17(5-2)16-12)9-14(15-3)11-6-7-20(18,19)10-11/h8,11,14-15H,4-7,9-10H2,1-3H3. The summed E-state index contributed by atoms with van der Waals surface area (Å²) in [5.41, 5.74) is 2.31. The number of aryl methyl sites for hydroxylation is 2. The number of likely N-dealkylation sites (N-methyl/N-ethyl adjacent to an activating group) is 1. The molecular formula is C14H25N3O2S. The van der Waals surface area contributed by atoms with E-state index in [4.69, 9.17) is 0 Å². The molecule has 1 fully saturated rings. The highest BCUT2D eigenvalue weighted by Gasteiger charge is 2.33. The van der Waals surface area contributed by atoms with Crippen LogP contribution in [0.15, 0.2) is 6.07 Å². The lowest BCUT2D eigenvalue weighted by molar-refractivity contribution is 0.393. The van der Waals surface area contributed by atoms with Gasteiger partial charge in [-0.2, -0.15) is 5.10 Å². The third kappa shape index (κ3) is 3.41. The Morgan fingerprint density at radius 1 is 1.50 bits per heavy atom. The molecule has 1 aliphatic heterocycles. The van der Waals surface area contributed by atoms with E-state index in [2.05, 4.69) is 30.3 Å². The van der Waals surface area contributed by atoms with Crippen LogP contribution in [-0.2, 0) is 29.2 Å². The predicted octanol–water partition coefficient (Wildman–Crippen LogP) is 1.03. The third-order valence-corrected chi connectivity index (χ3v) is 6.01. The van der Waals surface area contributed by atoms with Crippen molar-refractivity contribution in [3.8, 4) is 0 Å². The van der Waals surface area contributed by atoms with Gasteiger partial charge in [-0.05, 0) is 38.8 Å². The molecule has 0 aromatic carbocycles. The molecular weight excluding hydrogens is 274 g/mol. The molecule has 6 heteroatoms. The smallest absolute Gasteiger partial charge is 0.150 e. The fourth-order valence-electron chi connectivity index (χ4n) is 3.00. The van der Waals surface area contributed by atoms with Crippen molar-refractivity contribution in [1.29, 1.82) is 0 Å². The van der Waals surface area contributed by atoms with E-state index < -0.39 is 9.84 Å². The molecule has 5 nitrogen and oxygen atoms in total. The maximum absolute atomic E-state index is 11.6. The normalized spacial score (nSPS) is 23.1. The van der Waals surface area contributed by atoms with Gasteiger partial charge in [0.1, 0.15) is 0 Å². The monoisotopic (exact) mass is 299 g/mol. The first-order valence-corrected chi connectivity index (χ1v) is 9.24. The maximum atomic E-state index is 11.6. The summed E-state index contributed by atoms with van der Waals surface area (Å²) in [6, 6.07) is 2.36. The van der Waals surface area contributed by atoms with Crippen LogP contribution >= 0.6 is 0 Å². The Hall–Kier alpha value is -0.880. The van der Waals surface area contributed by atoms with Crippen molar-refractivity contribution in [2.45, 2.75) is 45.7 Å². The molecule has 1 aromatic rings. The fraction of sp³-hybridized carbons (Fsp3) is 0.786. The Morgan fingerprint density at radius 3 is 2.75 bits per heavy atom. The van der Waals surface area contributed by atoms with Crippen molar-refractivity contribution >= 4 is 9.84 Å². The molecule has 1 saturated heterocycles. The number of nitrogens with zero attached hydrogens (tertiary/aromatic N) is 2. The van der Waals surface area contributed by atoms with Gasteiger partial charge in [0, 0.05) is 24.7 Å². The van der Waals surface area contributed by atoms with Gasteiger partial charge in [-0.25, -0.2) is 8.42 Å². The number of hydrogen-bond acceptors (Lipinski definition) is 4. The molecule has 2 atom stereocenters. The van der Waals surface area contributed by atoms with Crippen LogP contribution in [-0.4, -0.2) is 42.8 Å². The molecule has 0 saturated carbocycles. The second kappa shape index (κ2) is 6.26. The van der Waals surface area contributed by atoms with Crippen molar-refractivity contribution in [2.75, 3.05) is 18.6 Å². The maximum Gasteiger partial charge on any atom is 0.150 e. The molecule has 0 aliphatic carbocycles. The van der Waals surface area contributed by atoms with Crippen LogP contribution in [0.4, 0.5) is 0 Å². The summed E-state index contributed by atoms with van der Waals surface area (Å²) in [6.45, 7) is 5.05. The second-order valence-corrected chi connectivity index (χ2v) is 7.79. The van der Waals surface area contributed by atoms with Crippen LogP contribution in [0.1, 0.15) is 31.7 Å². The zero-order valence-electron chi connectivity index (χ0n) is 12.6. The van der Waals surface area contributed by atoms with E-state index in [0.29, 0.717) is 11.5 Å². The first-order valence-electron chi connectivity index (χ1n) is 7.42. The van der Waals surface area contributed by atoms with Crippen LogP contribution in [0.25, 0.3) is 0 Å². The Kier molecular flexibility index (Phi) is 4.86. The van der Waals surface area contributed by atoms with Gasteiger partial charge in [0.25, 0.3) is 0 Å². The molecule has 1 aromatic heterocycles. The van der Waals surface area contributed by atoms with E-state index in [0.717, 1.165) is 31.5 Å². The minimum Gasteiger partial charge on any atom is -0.316 e. The molecule has 0 spiro atoms. The van der Waals surface area contributed by atoms with E-state index in [1.807, 2.05) is 11.7 Å². The molecule has 1 N–H and O–H groups in total. The Bertz CT molecular complexity index is 551. The largest absolute Gasteiger partial charge is 0.316 e. The zero-order valence-corrected chi connectivity index (χ0v) is 13.4. The average molecular weight is 299 g/mol. The molecule has 1 aliphatic rings. The van der Waals surface area contributed by atoms with Crippen LogP contribution in [0, 0.1) is 5.92 Å². The molecule has 20 heavy (non-hydrogen) atoms. The van der Waals surface area contributed by atoms with Gasteiger partial charge in [-0.3, -0.25) is 4.68 Å². The minimum absolute atomic E-state index is 0.207. The minimum atomic E-state index is -2.82. The van der Waals surface area contributed by atoms with Crippen LogP contribution < -0.4 is 5.32 Å². The van der Waals surface area contributed by atoms with Crippen molar-refractivity contribution in [3.63, 3.8) is 0 Å². The summed E-state index contributed by atoms with van der Waals surface area (Å²) in [4.78, 5) is 0. The van der Waals surface area contributed by atoms with E-state index >= 15 is 0 Å². The zero-order chi connectivity index (χ0) is 14.8. The van der Waals surface area contributed by atoms with Crippen molar-refractivity contribution in [2.24, 2.45) is 5.92 Å². The van der Waals surface area contributed by atoms with E-state index in [-0.39, 0.29) is 12.0 Å². The molecule has 0 amide bonds. The number of sulfone groups is 1. The van der Waals surface area contributed by atoms with Gasteiger partial charge < -0.3 is 5.32 Å². The third-order valence-electron chi connectivity index (χ3n) is 4.21. The second-order valence-electron chi connectivity index (χ2n) is 5.56. The van der Waals surface area contributed by atoms with Crippen molar-refractivity contribution < 1.29 is 8.42 Å². The van der Waals surface area contributed by atoms with Gasteiger partial charge in [0.2, 0.25) is 0 Å². The number of nitrogens with one attached hydrogen (secondary N) is 1. The van der Waals surface area contributed by atoms with Gasteiger partial charge in [0.05, 0.1) is 17.2 Å². The molecule has 0 radical (unpaired) electrons. The quantitative estimate of drug-likeness (QED) is 0.852. The van der Waals surface area contributed by atoms with Crippen LogP contribution in [0.5, 0.6) is 0 Å². The van der Waals surface area contributed by atoms with E-state index in [1.165, 1.54) is 5.69 Å². The number of rotatable bonds is 6. The number of aromatic nitrogens is 2. The van der Waals surface area contributed by atoms with Gasteiger partial charge >= 0.3 is 0 Å². The highest BCUT2D eigenvalue weighted by Crippen LogP contribution is 2.24. The SMILES string of the molecule is CCc1cc(CC(NC)C2CCS(=O)(=O)C2)n(CC)n1. The Labute approximate surface area is 121 Å². The highest BCUT2D eigenvalue weighted by atomic mass is 32.2. The lowest BCUT2D eigenvalue weighted by Gasteiger charge is -2.22. The lowest BCUT2D eigenvalue weighted by atomic mass is 9.95. The predicted molar refractivity (Wildman–Crippen MR) is 80.6 cm³/mol. The molecule has 2 unspecified atom stereocenters. The summed E-state index contributed by atoms with van der Waals surface area (Å²) >= 11 is 0. The summed E-state index contributed by atoms with van der Waals surface area (Å²) < 4.78 is 25.3. The van der Waals surface area contributed by atoms with Gasteiger partial charge in [-0.1, -0.05) is 6.92 Å². The molecule has 114 valence electrons. The summed E-state index contributed by atoms with van der Waals surface area (Å²) in [5, 5.41) is 7.86.